The van der Waals surface area contributed by atoms with Crippen LogP contribution in [0.1, 0.15) is 52.4 Å². The molecule has 0 unspecified atom stereocenters. The molecule has 1 aliphatic heterocycles. The van der Waals surface area contributed by atoms with E-state index in [-0.39, 0.29) is 41.0 Å². The van der Waals surface area contributed by atoms with Crippen LogP contribution in [-0.4, -0.2) is 21.0 Å². The maximum absolute atomic E-state index is 12.9. The van der Waals surface area contributed by atoms with Crippen LogP contribution in [0.4, 0.5) is 0 Å². The molecule has 4 N–H and O–H groups in total. The van der Waals surface area contributed by atoms with E-state index < -0.39 is 0 Å². The Morgan fingerprint density at radius 3 is 2.25 bits per heavy atom. The maximum Gasteiger partial charge on any atom is 0.258 e. The number of fused-ring (bicyclic) bond motifs is 1. The Balaban J connectivity index is 2.00. The van der Waals surface area contributed by atoms with E-state index in [4.69, 9.17) is 5.73 Å². The lowest BCUT2D eigenvalue weighted by Gasteiger charge is -2.20. The molecular weight excluding hydrogens is 304 g/mol. The summed E-state index contributed by atoms with van der Waals surface area (Å²) in [7, 11) is 0. The van der Waals surface area contributed by atoms with Gasteiger partial charge in [0, 0.05) is 19.6 Å². The van der Waals surface area contributed by atoms with Crippen molar-refractivity contribution in [1.82, 2.24) is 4.90 Å². The van der Waals surface area contributed by atoms with Crippen molar-refractivity contribution in [3.8, 4) is 11.5 Å². The Kier molecular flexibility index (Phi) is 4.20. The van der Waals surface area contributed by atoms with Gasteiger partial charge in [-0.1, -0.05) is 38.1 Å². The van der Waals surface area contributed by atoms with Gasteiger partial charge in [0.2, 0.25) is 0 Å². The second-order valence-electron chi connectivity index (χ2n) is 6.48. The zero-order valence-electron chi connectivity index (χ0n) is 13.9. The van der Waals surface area contributed by atoms with Crippen LogP contribution >= 0.6 is 0 Å². The molecular formula is C19H22N2O3. The predicted molar refractivity (Wildman–Crippen MR) is 91.8 cm³/mol. The minimum Gasteiger partial charge on any atom is -0.507 e. The summed E-state index contributed by atoms with van der Waals surface area (Å²) < 4.78 is 0. The molecule has 1 heterocycles. The molecule has 24 heavy (non-hydrogen) atoms. The molecule has 2 aromatic rings. The Morgan fingerprint density at radius 1 is 1.17 bits per heavy atom. The normalized spacial score (nSPS) is 13.4. The summed E-state index contributed by atoms with van der Waals surface area (Å²) in [6.07, 6.45) is 0. The van der Waals surface area contributed by atoms with Gasteiger partial charge in [0.05, 0.1) is 11.1 Å². The second kappa shape index (κ2) is 6.17. The van der Waals surface area contributed by atoms with E-state index in [1.54, 1.807) is 11.0 Å². The van der Waals surface area contributed by atoms with Crippen LogP contribution < -0.4 is 5.73 Å². The fourth-order valence-corrected chi connectivity index (χ4v) is 3.18. The van der Waals surface area contributed by atoms with E-state index in [9.17, 15) is 15.0 Å². The number of amides is 1. The molecule has 0 atom stereocenters. The summed E-state index contributed by atoms with van der Waals surface area (Å²) in [6, 6.07) is 9.50. The first-order valence-corrected chi connectivity index (χ1v) is 8.07. The van der Waals surface area contributed by atoms with Gasteiger partial charge in [0.1, 0.15) is 11.5 Å². The van der Waals surface area contributed by atoms with Gasteiger partial charge in [-0.2, -0.15) is 0 Å². The smallest absolute Gasteiger partial charge is 0.258 e. The Hall–Kier alpha value is -2.53. The molecule has 0 aromatic heterocycles. The van der Waals surface area contributed by atoms with Gasteiger partial charge in [-0.05, 0) is 28.7 Å². The molecule has 0 spiro atoms. The van der Waals surface area contributed by atoms with Gasteiger partial charge in [0.25, 0.3) is 5.91 Å². The highest BCUT2D eigenvalue weighted by molar-refractivity contribution is 5.98. The Morgan fingerprint density at radius 2 is 1.75 bits per heavy atom. The summed E-state index contributed by atoms with van der Waals surface area (Å²) in [5, 5.41) is 20.7. The lowest BCUT2D eigenvalue weighted by atomic mass is 9.94. The van der Waals surface area contributed by atoms with Gasteiger partial charge in [-0.3, -0.25) is 4.79 Å². The number of nitrogens with two attached hydrogens (primary N) is 1. The number of rotatable bonds is 3. The van der Waals surface area contributed by atoms with Gasteiger partial charge in [0.15, 0.2) is 0 Å². The molecule has 5 heteroatoms. The molecule has 0 saturated heterocycles. The average molecular weight is 326 g/mol. The van der Waals surface area contributed by atoms with Gasteiger partial charge >= 0.3 is 0 Å². The minimum atomic E-state index is -0.250. The van der Waals surface area contributed by atoms with Crippen molar-refractivity contribution in [2.45, 2.75) is 39.4 Å². The third-order valence-corrected chi connectivity index (χ3v) is 4.58. The zero-order chi connectivity index (χ0) is 17.4. The van der Waals surface area contributed by atoms with Crippen molar-refractivity contribution in [3.05, 3.63) is 58.1 Å². The van der Waals surface area contributed by atoms with Crippen molar-refractivity contribution in [3.63, 3.8) is 0 Å². The summed E-state index contributed by atoms with van der Waals surface area (Å²) in [5.74, 6) is -0.481. The number of phenolic OH excluding ortho intramolecular Hbond substituents is 2. The van der Waals surface area contributed by atoms with E-state index in [0.717, 1.165) is 11.1 Å². The van der Waals surface area contributed by atoms with E-state index in [1.165, 1.54) is 0 Å². The Bertz CT molecular complexity index is 774. The Labute approximate surface area is 141 Å². The fraction of sp³-hybridized carbons (Fsp3) is 0.316. The molecule has 0 aliphatic carbocycles. The second-order valence-corrected chi connectivity index (χ2v) is 6.48. The topological polar surface area (TPSA) is 86.8 Å². The van der Waals surface area contributed by atoms with E-state index in [1.807, 2.05) is 38.1 Å². The number of carbonyl (C=O) groups excluding carboxylic acids is 1. The number of nitrogens with zero attached hydrogens (tertiary/aromatic N) is 1. The SMILES string of the molecule is CC(C)c1cc(C(=O)N2Cc3ccccc3C2)c(O)c(CN)c1O. The predicted octanol–water partition coefficient (Wildman–Crippen LogP) is 2.84. The molecule has 1 aliphatic rings. The lowest BCUT2D eigenvalue weighted by molar-refractivity contribution is 0.0748. The summed E-state index contributed by atoms with van der Waals surface area (Å²) in [5.41, 5.74) is 8.94. The fourth-order valence-electron chi connectivity index (χ4n) is 3.18. The molecule has 0 bridgehead atoms. The number of hydrogen-bond acceptors (Lipinski definition) is 4. The first-order chi connectivity index (χ1) is 11.4. The standard InChI is InChI=1S/C19H22N2O3/c1-11(2)14-7-15(18(23)16(8-20)17(14)22)19(24)21-9-12-5-3-4-6-13(12)10-21/h3-7,11,22-23H,8-10,20H2,1-2H3. The van der Waals surface area contributed by atoms with Crippen LogP contribution in [0.5, 0.6) is 11.5 Å². The molecule has 5 nitrogen and oxygen atoms in total. The van der Waals surface area contributed by atoms with Crippen LogP contribution in [0.25, 0.3) is 0 Å². The summed E-state index contributed by atoms with van der Waals surface area (Å²) in [4.78, 5) is 14.6. The van der Waals surface area contributed by atoms with Gasteiger partial charge in [-0.25, -0.2) is 0 Å². The third-order valence-electron chi connectivity index (χ3n) is 4.58. The highest BCUT2D eigenvalue weighted by atomic mass is 16.3. The number of hydrogen-bond donors (Lipinski definition) is 3. The number of benzene rings is 2. The molecule has 1 amide bonds. The summed E-state index contributed by atoms with van der Waals surface area (Å²) in [6.45, 7) is 4.85. The van der Waals surface area contributed by atoms with Crippen LogP contribution in [0, 0.1) is 0 Å². The van der Waals surface area contributed by atoms with E-state index in [0.29, 0.717) is 18.7 Å². The molecule has 0 saturated carbocycles. The molecule has 0 radical (unpaired) electrons. The van der Waals surface area contributed by atoms with Crippen molar-refractivity contribution >= 4 is 5.91 Å². The number of carbonyl (C=O) groups is 1. The first-order valence-electron chi connectivity index (χ1n) is 8.07. The largest absolute Gasteiger partial charge is 0.507 e. The van der Waals surface area contributed by atoms with Crippen LogP contribution in [0.3, 0.4) is 0 Å². The van der Waals surface area contributed by atoms with E-state index >= 15 is 0 Å². The van der Waals surface area contributed by atoms with E-state index in [2.05, 4.69) is 0 Å². The molecule has 2 aromatic carbocycles. The third kappa shape index (κ3) is 2.61. The number of phenols is 2. The highest BCUT2D eigenvalue weighted by Gasteiger charge is 2.28. The highest BCUT2D eigenvalue weighted by Crippen LogP contribution is 2.38. The lowest BCUT2D eigenvalue weighted by Crippen LogP contribution is -2.26. The van der Waals surface area contributed by atoms with Crippen LogP contribution in [-0.2, 0) is 19.6 Å². The summed E-state index contributed by atoms with van der Waals surface area (Å²) >= 11 is 0. The monoisotopic (exact) mass is 326 g/mol. The quantitative estimate of drug-likeness (QED) is 0.809. The van der Waals surface area contributed by atoms with Crippen LogP contribution in [0.2, 0.25) is 0 Å². The van der Waals surface area contributed by atoms with Crippen molar-refractivity contribution in [2.24, 2.45) is 5.73 Å². The minimum absolute atomic E-state index is 0.0122. The first kappa shape index (κ1) is 16.3. The molecule has 3 rings (SSSR count). The average Bonchev–Trinajstić information content (AvgIpc) is 2.98. The maximum atomic E-state index is 12.9. The number of aromatic hydroxyl groups is 2. The molecule has 126 valence electrons. The van der Waals surface area contributed by atoms with Gasteiger partial charge in [-0.15, -0.1) is 0 Å². The van der Waals surface area contributed by atoms with Crippen molar-refractivity contribution in [1.29, 1.82) is 0 Å². The van der Waals surface area contributed by atoms with Crippen LogP contribution in [0.15, 0.2) is 30.3 Å². The zero-order valence-corrected chi connectivity index (χ0v) is 13.9. The molecule has 0 fully saturated rings. The van der Waals surface area contributed by atoms with Gasteiger partial charge < -0.3 is 20.8 Å². The van der Waals surface area contributed by atoms with Crippen molar-refractivity contribution in [2.75, 3.05) is 0 Å². The van der Waals surface area contributed by atoms with Crippen molar-refractivity contribution < 1.29 is 15.0 Å².